The highest BCUT2D eigenvalue weighted by Crippen LogP contribution is 2.34. The van der Waals surface area contributed by atoms with Crippen LogP contribution in [0.3, 0.4) is 0 Å². The van der Waals surface area contributed by atoms with Crippen molar-refractivity contribution in [3.63, 3.8) is 0 Å². The maximum Gasteiger partial charge on any atom is 0.208 e. The van der Waals surface area contributed by atoms with Crippen molar-refractivity contribution < 1.29 is 14.3 Å². The molecule has 0 radical (unpaired) electrons. The lowest BCUT2D eigenvalue weighted by molar-refractivity contribution is -0.0997. The summed E-state index contributed by atoms with van der Waals surface area (Å²) in [5, 5.41) is 2.30. The van der Waals surface area contributed by atoms with Crippen molar-refractivity contribution in [3.05, 3.63) is 89.5 Å². The molecule has 0 unspecified atom stereocenters. The van der Waals surface area contributed by atoms with Crippen LogP contribution >= 0.6 is 22.6 Å². The smallest absolute Gasteiger partial charge is 0.208 e. The molecule has 3 aromatic carbocycles. The average Bonchev–Trinajstić information content (AvgIpc) is 3.22. The predicted octanol–water partition coefficient (Wildman–Crippen LogP) is 5.28. The molecule has 0 N–H and O–H groups in total. The van der Waals surface area contributed by atoms with Gasteiger partial charge in [0.15, 0.2) is 5.78 Å². The molecule has 3 aromatic rings. The van der Waals surface area contributed by atoms with E-state index in [9.17, 15) is 4.79 Å². The van der Waals surface area contributed by atoms with Gasteiger partial charge in [-0.3, -0.25) is 4.79 Å². The van der Waals surface area contributed by atoms with E-state index in [0.717, 1.165) is 10.9 Å². The summed E-state index contributed by atoms with van der Waals surface area (Å²) in [7, 11) is 0. The lowest BCUT2D eigenvalue weighted by Crippen LogP contribution is -2.38. The Hall–Kier alpha value is -2.02. The lowest BCUT2D eigenvalue weighted by atomic mass is 9.94. The predicted molar refractivity (Wildman–Crippen MR) is 116 cm³/mol. The van der Waals surface area contributed by atoms with Crippen LogP contribution in [-0.2, 0) is 9.47 Å². The highest BCUT2D eigenvalue weighted by Gasteiger charge is 2.43. The first-order chi connectivity index (χ1) is 13.2. The first-order valence-corrected chi connectivity index (χ1v) is 10.4. The van der Waals surface area contributed by atoms with Crippen LogP contribution in [0.15, 0.2) is 78.4 Å². The Bertz CT molecular complexity index is 989. The van der Waals surface area contributed by atoms with Gasteiger partial charge in [-0.15, -0.1) is 0 Å². The van der Waals surface area contributed by atoms with Gasteiger partial charge in [-0.1, -0.05) is 89.3 Å². The number of fused-ring (bicyclic) bond motifs is 1. The monoisotopic (exact) mass is 470 g/mol. The largest absolute Gasteiger partial charge is 0.343 e. The Balaban J connectivity index is 1.83. The molecular weight excluding hydrogens is 451 g/mol. The van der Waals surface area contributed by atoms with Gasteiger partial charge in [0.1, 0.15) is 0 Å². The Labute approximate surface area is 172 Å². The minimum atomic E-state index is -1.00. The maximum atomic E-state index is 13.3. The summed E-state index contributed by atoms with van der Waals surface area (Å²) in [4.78, 5) is 13.3. The van der Waals surface area contributed by atoms with Crippen LogP contribution in [0, 0.1) is 0 Å². The molecule has 0 amide bonds. The van der Waals surface area contributed by atoms with Crippen LogP contribution in [0.4, 0.5) is 0 Å². The summed E-state index contributed by atoms with van der Waals surface area (Å²) in [5.41, 5.74) is 2.13. The van der Waals surface area contributed by atoms with Crippen molar-refractivity contribution in [2.24, 2.45) is 0 Å². The van der Waals surface area contributed by atoms with Crippen LogP contribution in [-0.4, -0.2) is 29.2 Å². The van der Waals surface area contributed by atoms with E-state index in [-0.39, 0.29) is 5.78 Å². The molecule has 27 heavy (non-hydrogen) atoms. The highest BCUT2D eigenvalue weighted by molar-refractivity contribution is 14.1. The number of benzene rings is 3. The first-order valence-electron chi connectivity index (χ1n) is 8.86. The number of carbonyl (C=O) groups excluding carboxylic acids is 1. The number of ketones is 1. The maximum absolute atomic E-state index is 13.3. The molecule has 1 saturated heterocycles. The Kier molecular flexibility index (Phi) is 5.38. The molecule has 4 rings (SSSR count). The number of carbonyl (C=O) groups is 1. The summed E-state index contributed by atoms with van der Waals surface area (Å²) in [6.07, 6.45) is 1.91. The fourth-order valence-corrected chi connectivity index (χ4v) is 4.17. The molecule has 1 aliphatic rings. The molecule has 4 heteroatoms. The molecule has 0 spiro atoms. The molecule has 1 aliphatic heterocycles. The highest BCUT2D eigenvalue weighted by atomic mass is 127. The molecule has 1 heterocycles. The zero-order chi connectivity index (χ0) is 18.7. The van der Waals surface area contributed by atoms with Crippen LogP contribution < -0.4 is 0 Å². The van der Waals surface area contributed by atoms with E-state index >= 15 is 0 Å². The summed E-state index contributed by atoms with van der Waals surface area (Å²) in [5.74, 6) is -1.07. The van der Waals surface area contributed by atoms with Gasteiger partial charge in [-0.25, -0.2) is 0 Å². The van der Waals surface area contributed by atoms with Gasteiger partial charge in [-0.2, -0.15) is 0 Å². The van der Waals surface area contributed by atoms with Gasteiger partial charge in [-0.05, 0) is 28.5 Å². The van der Waals surface area contributed by atoms with Crippen molar-refractivity contribution in [1.29, 1.82) is 0 Å². The minimum absolute atomic E-state index is 0.0673. The third-order valence-corrected chi connectivity index (χ3v) is 5.71. The molecule has 3 nitrogen and oxygen atoms in total. The average molecular weight is 470 g/mol. The summed E-state index contributed by atoms with van der Waals surface area (Å²) in [6.45, 7) is 0.972. The lowest BCUT2D eigenvalue weighted by Gasteiger charge is -2.27. The molecule has 0 bridgehead atoms. The number of halogens is 1. The minimum Gasteiger partial charge on any atom is -0.343 e. The fourth-order valence-electron chi connectivity index (χ4n) is 3.32. The van der Waals surface area contributed by atoms with Crippen LogP contribution in [0.1, 0.15) is 15.9 Å². The van der Waals surface area contributed by atoms with Crippen molar-refractivity contribution >= 4 is 45.2 Å². The van der Waals surface area contributed by atoms with Crippen LogP contribution in [0.25, 0.3) is 16.8 Å². The van der Waals surface area contributed by atoms with Gasteiger partial charge in [0.2, 0.25) is 5.79 Å². The molecule has 0 atom stereocenters. The van der Waals surface area contributed by atoms with Crippen molar-refractivity contribution in [1.82, 2.24) is 0 Å². The molecule has 136 valence electrons. The van der Waals surface area contributed by atoms with Crippen LogP contribution in [0.2, 0.25) is 0 Å². The quantitative estimate of drug-likeness (QED) is 0.220. The van der Waals surface area contributed by atoms with E-state index in [1.54, 1.807) is 0 Å². The molecule has 0 aromatic heterocycles. The summed E-state index contributed by atoms with van der Waals surface area (Å²) in [6, 6.07) is 23.7. The van der Waals surface area contributed by atoms with E-state index < -0.39 is 5.79 Å². The van der Waals surface area contributed by atoms with Gasteiger partial charge in [0.25, 0.3) is 0 Å². The van der Waals surface area contributed by atoms with E-state index in [0.29, 0.717) is 28.8 Å². The third kappa shape index (κ3) is 3.70. The Morgan fingerprint density at radius 1 is 0.926 bits per heavy atom. The van der Waals surface area contributed by atoms with E-state index in [4.69, 9.17) is 9.47 Å². The topological polar surface area (TPSA) is 35.5 Å². The number of Topliss-reactive ketones (excluding diaryl/α,β-unsaturated/α-hetero) is 1. The Morgan fingerprint density at radius 3 is 2.30 bits per heavy atom. The number of ether oxygens (including phenoxy) is 2. The van der Waals surface area contributed by atoms with Crippen LogP contribution in [0.5, 0.6) is 0 Å². The van der Waals surface area contributed by atoms with Gasteiger partial charge in [0.05, 0.1) is 23.2 Å². The van der Waals surface area contributed by atoms with Gasteiger partial charge >= 0.3 is 0 Å². The normalized spacial score (nSPS) is 16.6. The SMILES string of the molecule is O=C(/C(=C\c1ccc2ccccc2c1)C1(CI)OCCO1)c1ccccc1. The second-order valence-corrected chi connectivity index (χ2v) is 7.21. The number of rotatable bonds is 5. The van der Waals surface area contributed by atoms with Gasteiger partial charge in [0, 0.05) is 5.56 Å². The Morgan fingerprint density at radius 2 is 1.59 bits per heavy atom. The van der Waals surface area contributed by atoms with E-state index in [1.807, 2.05) is 54.6 Å². The molecular formula is C23H19IO3. The number of hydrogen-bond acceptors (Lipinski definition) is 3. The summed E-state index contributed by atoms with van der Waals surface area (Å²) < 4.78 is 12.4. The summed E-state index contributed by atoms with van der Waals surface area (Å²) >= 11 is 2.22. The zero-order valence-electron chi connectivity index (χ0n) is 14.7. The molecule has 0 saturated carbocycles. The fraction of sp³-hybridized carbons (Fsp3) is 0.174. The van der Waals surface area contributed by atoms with E-state index in [1.165, 1.54) is 5.39 Å². The molecule has 0 aliphatic carbocycles. The number of alkyl halides is 1. The molecule has 1 fully saturated rings. The second-order valence-electron chi connectivity index (χ2n) is 6.44. The van der Waals surface area contributed by atoms with Crippen molar-refractivity contribution in [2.75, 3.05) is 17.6 Å². The second kappa shape index (κ2) is 7.92. The van der Waals surface area contributed by atoms with Crippen molar-refractivity contribution in [2.45, 2.75) is 5.79 Å². The zero-order valence-corrected chi connectivity index (χ0v) is 16.9. The standard InChI is InChI=1S/C23H19IO3/c24-16-23(26-12-13-27-23)21(22(25)19-7-2-1-3-8-19)15-17-10-11-18-6-4-5-9-20(18)14-17/h1-11,14-15H,12-13,16H2/b21-15+. The van der Waals surface area contributed by atoms with E-state index in [2.05, 4.69) is 46.9 Å². The third-order valence-electron chi connectivity index (χ3n) is 4.71. The first kappa shape index (κ1) is 18.3. The van der Waals surface area contributed by atoms with Crippen molar-refractivity contribution in [3.8, 4) is 0 Å². The van der Waals surface area contributed by atoms with Gasteiger partial charge < -0.3 is 9.47 Å². The number of hydrogen-bond donors (Lipinski definition) is 0.